The van der Waals surface area contributed by atoms with Crippen molar-refractivity contribution in [1.29, 1.82) is 0 Å². The summed E-state index contributed by atoms with van der Waals surface area (Å²) in [5.74, 6) is -1.14. The van der Waals surface area contributed by atoms with E-state index in [9.17, 15) is 14.4 Å². The van der Waals surface area contributed by atoms with Gasteiger partial charge in [0.2, 0.25) is 5.91 Å². The number of H-pyrrole nitrogens is 1. The summed E-state index contributed by atoms with van der Waals surface area (Å²) < 4.78 is 5.01. The molecule has 33 heavy (non-hydrogen) atoms. The van der Waals surface area contributed by atoms with Crippen LogP contribution in [0.15, 0.2) is 82.0 Å². The molecule has 4 aromatic rings. The molecule has 1 saturated heterocycles. The first-order valence-corrected chi connectivity index (χ1v) is 10.9. The number of aromatic nitrogens is 1. The molecule has 0 radical (unpaired) electrons. The van der Waals surface area contributed by atoms with Gasteiger partial charge in [-0.1, -0.05) is 54.6 Å². The summed E-state index contributed by atoms with van der Waals surface area (Å²) >= 11 is 0. The number of hydrogen-bond donors (Lipinski definition) is 2. The zero-order chi connectivity index (χ0) is 22.8. The normalized spacial score (nSPS) is 16.4. The van der Waals surface area contributed by atoms with E-state index in [1.165, 1.54) is 0 Å². The van der Waals surface area contributed by atoms with Gasteiger partial charge in [-0.3, -0.25) is 14.6 Å². The molecule has 1 aliphatic rings. The first kappa shape index (κ1) is 20.8. The molecule has 5 rings (SSSR count). The second-order valence-electron chi connectivity index (χ2n) is 8.23. The number of nitrogens with one attached hydrogen (secondary N) is 2. The number of rotatable bonds is 4. The van der Waals surface area contributed by atoms with Crippen LogP contribution in [0.1, 0.15) is 15.9 Å². The molecule has 0 spiro atoms. The minimum absolute atomic E-state index is 0.0490. The molecule has 0 bridgehead atoms. The summed E-state index contributed by atoms with van der Waals surface area (Å²) in [6.07, 6.45) is 0.540. The lowest BCUT2D eigenvalue weighted by atomic mass is 9.96. The van der Waals surface area contributed by atoms with Crippen LogP contribution in [0.5, 0.6) is 0 Å². The van der Waals surface area contributed by atoms with Crippen molar-refractivity contribution in [2.75, 3.05) is 19.6 Å². The third-order valence-corrected chi connectivity index (χ3v) is 5.99. The zero-order valence-electron chi connectivity index (χ0n) is 17.9. The molecule has 2 amide bonds. The van der Waals surface area contributed by atoms with E-state index in [4.69, 9.17) is 4.42 Å². The predicted molar refractivity (Wildman–Crippen MR) is 125 cm³/mol. The Bertz CT molecular complexity index is 1360. The number of carbonyl (C=O) groups is 2. The maximum atomic E-state index is 13.2. The first-order chi connectivity index (χ1) is 16.1. The third-order valence-electron chi connectivity index (χ3n) is 5.99. The number of carbonyl (C=O) groups excluding carboxylic acids is 2. The monoisotopic (exact) mass is 441 g/mol. The van der Waals surface area contributed by atoms with Gasteiger partial charge in [0.25, 0.3) is 5.91 Å². The molecule has 0 aliphatic carbocycles. The Kier molecular flexibility index (Phi) is 5.52. The van der Waals surface area contributed by atoms with Crippen LogP contribution in [0.25, 0.3) is 22.2 Å². The lowest BCUT2D eigenvalue weighted by Crippen LogP contribution is -2.37. The first-order valence-electron chi connectivity index (χ1n) is 10.9. The number of oxazole rings is 1. The van der Waals surface area contributed by atoms with Crippen LogP contribution in [0.3, 0.4) is 0 Å². The third kappa shape index (κ3) is 4.43. The highest BCUT2D eigenvalue weighted by Gasteiger charge is 2.28. The van der Waals surface area contributed by atoms with Gasteiger partial charge in [-0.25, -0.2) is 4.79 Å². The molecule has 2 N–H and O–H groups in total. The van der Waals surface area contributed by atoms with Crippen molar-refractivity contribution in [2.45, 2.75) is 6.42 Å². The Labute approximate surface area is 190 Å². The molecule has 2 heterocycles. The molecule has 7 heteroatoms. The van der Waals surface area contributed by atoms with E-state index in [0.29, 0.717) is 42.7 Å². The van der Waals surface area contributed by atoms with E-state index in [1.807, 2.05) is 30.3 Å². The van der Waals surface area contributed by atoms with Crippen LogP contribution >= 0.6 is 0 Å². The van der Waals surface area contributed by atoms with E-state index in [1.54, 1.807) is 23.1 Å². The molecule has 1 fully saturated rings. The second-order valence-corrected chi connectivity index (χ2v) is 8.23. The highest BCUT2D eigenvalue weighted by molar-refractivity contribution is 5.97. The number of aromatic amines is 1. The molecule has 7 nitrogen and oxygen atoms in total. The quantitative estimate of drug-likeness (QED) is 0.508. The van der Waals surface area contributed by atoms with Gasteiger partial charge in [-0.15, -0.1) is 0 Å². The maximum Gasteiger partial charge on any atom is 0.417 e. The van der Waals surface area contributed by atoms with Crippen molar-refractivity contribution >= 4 is 22.9 Å². The number of benzene rings is 3. The van der Waals surface area contributed by atoms with Gasteiger partial charge in [0.15, 0.2) is 5.58 Å². The Morgan fingerprint density at radius 1 is 0.970 bits per heavy atom. The summed E-state index contributed by atoms with van der Waals surface area (Å²) in [6.45, 7) is 1.15. The van der Waals surface area contributed by atoms with Gasteiger partial charge >= 0.3 is 5.76 Å². The van der Waals surface area contributed by atoms with Crippen molar-refractivity contribution in [3.8, 4) is 11.1 Å². The second kappa shape index (κ2) is 8.78. The van der Waals surface area contributed by atoms with Gasteiger partial charge in [-0.05, 0) is 41.3 Å². The highest BCUT2D eigenvalue weighted by atomic mass is 16.4. The van der Waals surface area contributed by atoms with Gasteiger partial charge in [0.05, 0.1) is 11.4 Å². The lowest BCUT2D eigenvalue weighted by Gasteiger charge is -2.23. The van der Waals surface area contributed by atoms with E-state index >= 15 is 0 Å². The molecule has 1 aliphatic heterocycles. The summed E-state index contributed by atoms with van der Waals surface area (Å²) in [5, 5.41) is 2.93. The molecule has 1 atom stereocenters. The van der Waals surface area contributed by atoms with Crippen LogP contribution in [-0.2, 0) is 11.2 Å². The van der Waals surface area contributed by atoms with Crippen molar-refractivity contribution in [3.63, 3.8) is 0 Å². The lowest BCUT2D eigenvalue weighted by molar-refractivity contribution is -0.124. The Morgan fingerprint density at radius 3 is 2.52 bits per heavy atom. The van der Waals surface area contributed by atoms with Gasteiger partial charge in [0.1, 0.15) is 0 Å². The van der Waals surface area contributed by atoms with Crippen LogP contribution < -0.4 is 11.1 Å². The number of fused-ring (bicyclic) bond motifs is 1. The average molecular weight is 441 g/mol. The fraction of sp³-hybridized carbons (Fsp3) is 0.192. The predicted octanol–water partition coefficient (Wildman–Crippen LogP) is 3.22. The Morgan fingerprint density at radius 2 is 1.73 bits per heavy atom. The number of nitrogens with zero attached hydrogens (tertiary/aromatic N) is 1. The van der Waals surface area contributed by atoms with Crippen molar-refractivity contribution in [2.24, 2.45) is 5.92 Å². The van der Waals surface area contributed by atoms with Gasteiger partial charge < -0.3 is 14.6 Å². The van der Waals surface area contributed by atoms with Gasteiger partial charge in [-0.2, -0.15) is 0 Å². The van der Waals surface area contributed by atoms with Crippen LogP contribution in [0.2, 0.25) is 0 Å². The molecule has 166 valence electrons. The fourth-order valence-electron chi connectivity index (χ4n) is 4.26. The van der Waals surface area contributed by atoms with Crippen molar-refractivity contribution in [3.05, 3.63) is 94.5 Å². The molecular formula is C26H23N3O4. The van der Waals surface area contributed by atoms with Crippen LogP contribution in [0, 0.1) is 5.92 Å². The van der Waals surface area contributed by atoms with Crippen LogP contribution in [0.4, 0.5) is 0 Å². The molecule has 0 unspecified atom stereocenters. The smallest absolute Gasteiger partial charge is 0.408 e. The van der Waals surface area contributed by atoms with E-state index in [2.05, 4.69) is 34.6 Å². The van der Waals surface area contributed by atoms with Crippen molar-refractivity contribution < 1.29 is 14.0 Å². The largest absolute Gasteiger partial charge is 0.417 e. The fourth-order valence-corrected chi connectivity index (χ4v) is 4.26. The summed E-state index contributed by atoms with van der Waals surface area (Å²) in [5.41, 5.74) is 4.63. The van der Waals surface area contributed by atoms with Crippen LogP contribution in [-0.4, -0.2) is 41.3 Å². The van der Waals surface area contributed by atoms with E-state index < -0.39 is 5.76 Å². The zero-order valence-corrected chi connectivity index (χ0v) is 17.9. The molecule has 1 aromatic heterocycles. The average Bonchev–Trinajstić information content (AvgIpc) is 3.12. The SMILES string of the molecule is O=C1NCCN(C(=O)c2ccc3oc(=O)[nH]c3c2)C[C@@H]1Cc1ccc(-c2ccccc2)cc1. The summed E-state index contributed by atoms with van der Waals surface area (Å²) in [6, 6.07) is 23.2. The highest BCUT2D eigenvalue weighted by Crippen LogP contribution is 2.22. The van der Waals surface area contributed by atoms with Gasteiger partial charge in [0, 0.05) is 25.2 Å². The Balaban J connectivity index is 1.32. The topological polar surface area (TPSA) is 95.4 Å². The van der Waals surface area contributed by atoms with Crippen molar-refractivity contribution in [1.82, 2.24) is 15.2 Å². The molecular weight excluding hydrogens is 418 g/mol. The van der Waals surface area contributed by atoms with E-state index in [-0.39, 0.29) is 17.7 Å². The maximum absolute atomic E-state index is 13.2. The molecule has 3 aromatic carbocycles. The molecule has 0 saturated carbocycles. The summed E-state index contributed by atoms with van der Waals surface area (Å²) in [7, 11) is 0. The minimum Gasteiger partial charge on any atom is -0.408 e. The standard InChI is InChI=1S/C26H23N3O4/c30-24-21(14-17-6-8-19(9-7-17)18-4-2-1-3-5-18)16-29(13-12-27-24)25(31)20-10-11-23-22(15-20)28-26(32)33-23/h1-11,15,21H,12-14,16H2,(H,27,30)(H,28,32)/t21-/m0/s1. The number of amides is 2. The number of hydrogen-bond acceptors (Lipinski definition) is 4. The Hall–Kier alpha value is -4.13. The summed E-state index contributed by atoms with van der Waals surface area (Å²) in [4.78, 5) is 41.5. The van der Waals surface area contributed by atoms with E-state index in [0.717, 1.165) is 16.7 Å². The minimum atomic E-state index is -0.558.